The molecular formula is C15H22O4S. The van der Waals surface area contributed by atoms with Crippen LogP contribution < -0.4 is 4.74 Å². The van der Waals surface area contributed by atoms with E-state index in [1.807, 2.05) is 6.07 Å². The second-order valence-corrected chi connectivity index (χ2v) is 6.51. The minimum Gasteiger partial charge on any atom is -0.492 e. The summed E-state index contributed by atoms with van der Waals surface area (Å²) in [6, 6.07) is 1.87. The summed E-state index contributed by atoms with van der Waals surface area (Å²) in [5, 5.41) is 9.20. The third-order valence-corrected chi connectivity index (χ3v) is 4.84. The first-order valence-electron chi connectivity index (χ1n) is 7.19. The predicted octanol–water partition coefficient (Wildman–Crippen LogP) is 3.91. The van der Waals surface area contributed by atoms with Crippen molar-refractivity contribution in [3.8, 4) is 5.75 Å². The molecule has 0 aromatic carbocycles. The molecule has 1 unspecified atom stereocenters. The highest BCUT2D eigenvalue weighted by molar-refractivity contribution is 7.14. The Morgan fingerprint density at radius 2 is 2.40 bits per heavy atom. The van der Waals surface area contributed by atoms with E-state index in [4.69, 9.17) is 9.47 Å². The lowest BCUT2D eigenvalue weighted by Gasteiger charge is -2.09. The van der Waals surface area contributed by atoms with Crippen LogP contribution in [0.3, 0.4) is 0 Å². The number of rotatable bonds is 7. The lowest BCUT2D eigenvalue weighted by atomic mass is 10.1. The molecule has 1 N–H and O–H groups in total. The van der Waals surface area contributed by atoms with E-state index < -0.39 is 5.97 Å². The molecule has 5 heteroatoms. The normalized spacial score (nSPS) is 18.6. The van der Waals surface area contributed by atoms with Crippen LogP contribution in [0.15, 0.2) is 6.07 Å². The Labute approximate surface area is 123 Å². The number of ether oxygens (including phenoxy) is 2. The van der Waals surface area contributed by atoms with Crippen molar-refractivity contribution in [3.05, 3.63) is 15.8 Å². The SMILES string of the molecule is CC(C)c1cc(OCCCC2CCCO2)c(C(=O)O)s1. The number of thiophene rings is 1. The topological polar surface area (TPSA) is 55.8 Å². The summed E-state index contributed by atoms with van der Waals surface area (Å²) in [6.07, 6.45) is 4.54. The second kappa shape index (κ2) is 7.09. The van der Waals surface area contributed by atoms with Crippen LogP contribution in [0, 0.1) is 0 Å². The first-order valence-corrected chi connectivity index (χ1v) is 8.01. The molecule has 0 aliphatic carbocycles. The molecule has 0 bridgehead atoms. The van der Waals surface area contributed by atoms with Crippen molar-refractivity contribution in [2.75, 3.05) is 13.2 Å². The summed E-state index contributed by atoms with van der Waals surface area (Å²) >= 11 is 1.31. The number of carboxylic acids is 1. The highest BCUT2D eigenvalue weighted by atomic mass is 32.1. The van der Waals surface area contributed by atoms with E-state index in [9.17, 15) is 9.90 Å². The van der Waals surface area contributed by atoms with Gasteiger partial charge in [-0.1, -0.05) is 13.8 Å². The van der Waals surface area contributed by atoms with Gasteiger partial charge in [0.1, 0.15) is 5.75 Å². The van der Waals surface area contributed by atoms with E-state index in [1.54, 1.807) is 0 Å². The Bertz CT molecular complexity index is 447. The Balaban J connectivity index is 1.85. The quantitative estimate of drug-likeness (QED) is 0.775. The number of carbonyl (C=O) groups is 1. The van der Waals surface area contributed by atoms with E-state index in [-0.39, 0.29) is 0 Å². The summed E-state index contributed by atoms with van der Waals surface area (Å²) < 4.78 is 11.2. The molecule has 1 aliphatic rings. The van der Waals surface area contributed by atoms with Gasteiger partial charge in [-0.15, -0.1) is 11.3 Å². The zero-order chi connectivity index (χ0) is 14.5. The van der Waals surface area contributed by atoms with Crippen LogP contribution in [0.5, 0.6) is 5.75 Å². The van der Waals surface area contributed by atoms with Gasteiger partial charge < -0.3 is 14.6 Å². The third kappa shape index (κ3) is 3.96. The van der Waals surface area contributed by atoms with Gasteiger partial charge in [-0.25, -0.2) is 4.79 Å². The predicted molar refractivity (Wildman–Crippen MR) is 79.1 cm³/mol. The van der Waals surface area contributed by atoms with Crippen molar-refractivity contribution in [3.63, 3.8) is 0 Å². The molecule has 1 saturated heterocycles. The summed E-state index contributed by atoms with van der Waals surface area (Å²) in [5.41, 5.74) is 0. The Kier molecular flexibility index (Phi) is 5.43. The molecule has 0 saturated carbocycles. The highest BCUT2D eigenvalue weighted by Gasteiger charge is 2.19. The Hall–Kier alpha value is -1.07. The second-order valence-electron chi connectivity index (χ2n) is 5.43. The smallest absolute Gasteiger partial charge is 0.349 e. The van der Waals surface area contributed by atoms with E-state index in [0.717, 1.165) is 37.2 Å². The monoisotopic (exact) mass is 298 g/mol. The Morgan fingerprint density at radius 1 is 1.60 bits per heavy atom. The van der Waals surface area contributed by atoms with E-state index in [2.05, 4.69) is 13.8 Å². The molecule has 2 rings (SSSR count). The van der Waals surface area contributed by atoms with Crippen molar-refractivity contribution >= 4 is 17.3 Å². The van der Waals surface area contributed by atoms with E-state index in [1.165, 1.54) is 11.3 Å². The first-order chi connectivity index (χ1) is 9.58. The van der Waals surface area contributed by atoms with Crippen LogP contribution in [0.2, 0.25) is 0 Å². The summed E-state index contributed by atoms with van der Waals surface area (Å²) in [5.74, 6) is -0.0723. The molecule has 0 spiro atoms. The maximum absolute atomic E-state index is 11.2. The van der Waals surface area contributed by atoms with Crippen LogP contribution >= 0.6 is 11.3 Å². The van der Waals surface area contributed by atoms with Crippen molar-refractivity contribution in [1.29, 1.82) is 0 Å². The standard InChI is InChI=1S/C15H22O4S/c1-10(2)13-9-12(14(20-13)15(16)17)19-8-4-6-11-5-3-7-18-11/h9-11H,3-8H2,1-2H3,(H,16,17). The van der Waals surface area contributed by atoms with E-state index >= 15 is 0 Å². The van der Waals surface area contributed by atoms with Crippen LogP contribution in [0.4, 0.5) is 0 Å². The van der Waals surface area contributed by atoms with Gasteiger partial charge >= 0.3 is 5.97 Å². The summed E-state index contributed by atoms with van der Waals surface area (Å²) in [7, 11) is 0. The fraction of sp³-hybridized carbons (Fsp3) is 0.667. The molecule has 1 atom stereocenters. The van der Waals surface area contributed by atoms with Crippen LogP contribution in [0.1, 0.15) is 60.0 Å². The van der Waals surface area contributed by atoms with Crippen LogP contribution in [0.25, 0.3) is 0 Å². The fourth-order valence-corrected chi connectivity index (χ4v) is 3.24. The van der Waals surface area contributed by atoms with Crippen molar-refractivity contribution in [2.24, 2.45) is 0 Å². The molecule has 1 aromatic heterocycles. The van der Waals surface area contributed by atoms with Crippen molar-refractivity contribution in [1.82, 2.24) is 0 Å². The van der Waals surface area contributed by atoms with Gasteiger partial charge in [0.05, 0.1) is 12.7 Å². The van der Waals surface area contributed by atoms with Gasteiger partial charge in [0.15, 0.2) is 4.88 Å². The molecule has 112 valence electrons. The van der Waals surface area contributed by atoms with Gasteiger partial charge in [-0.05, 0) is 37.7 Å². The average molecular weight is 298 g/mol. The molecule has 0 amide bonds. The lowest BCUT2D eigenvalue weighted by Crippen LogP contribution is -2.08. The molecule has 4 nitrogen and oxygen atoms in total. The minimum absolute atomic E-state index is 0.311. The molecule has 1 aromatic rings. The number of aromatic carboxylic acids is 1. The lowest BCUT2D eigenvalue weighted by molar-refractivity contribution is 0.0696. The molecule has 20 heavy (non-hydrogen) atoms. The van der Waals surface area contributed by atoms with Gasteiger partial charge in [0.25, 0.3) is 0 Å². The van der Waals surface area contributed by atoms with Crippen molar-refractivity contribution in [2.45, 2.75) is 51.6 Å². The van der Waals surface area contributed by atoms with E-state index in [0.29, 0.717) is 29.3 Å². The van der Waals surface area contributed by atoms with Crippen LogP contribution in [-0.2, 0) is 4.74 Å². The molecule has 2 heterocycles. The molecule has 1 aliphatic heterocycles. The number of hydrogen-bond donors (Lipinski definition) is 1. The maximum atomic E-state index is 11.2. The van der Waals surface area contributed by atoms with Gasteiger partial charge in [0.2, 0.25) is 0 Å². The van der Waals surface area contributed by atoms with Crippen LogP contribution in [-0.4, -0.2) is 30.4 Å². The van der Waals surface area contributed by atoms with Gasteiger partial charge in [-0.2, -0.15) is 0 Å². The number of hydrogen-bond acceptors (Lipinski definition) is 4. The van der Waals surface area contributed by atoms with Crippen molar-refractivity contribution < 1.29 is 19.4 Å². The van der Waals surface area contributed by atoms with Gasteiger partial charge in [0, 0.05) is 11.5 Å². The zero-order valence-electron chi connectivity index (χ0n) is 12.1. The summed E-state index contributed by atoms with van der Waals surface area (Å²) in [4.78, 5) is 12.6. The third-order valence-electron chi connectivity index (χ3n) is 3.43. The Morgan fingerprint density at radius 3 is 3.00 bits per heavy atom. The molecule has 1 fully saturated rings. The fourth-order valence-electron chi connectivity index (χ4n) is 2.30. The molecule has 0 radical (unpaired) electrons. The first kappa shape index (κ1) is 15.3. The average Bonchev–Trinajstić information content (AvgIpc) is 3.04. The zero-order valence-corrected chi connectivity index (χ0v) is 12.9. The maximum Gasteiger partial charge on any atom is 0.349 e. The highest BCUT2D eigenvalue weighted by Crippen LogP contribution is 2.34. The molecular weight excluding hydrogens is 276 g/mol. The summed E-state index contributed by atoms with van der Waals surface area (Å²) in [6.45, 7) is 5.53. The largest absolute Gasteiger partial charge is 0.492 e. The van der Waals surface area contributed by atoms with Gasteiger partial charge in [-0.3, -0.25) is 0 Å². The number of carboxylic acid groups (broad SMARTS) is 1. The minimum atomic E-state index is -0.906.